The fourth-order valence-corrected chi connectivity index (χ4v) is 4.98. The van der Waals surface area contributed by atoms with Crippen molar-refractivity contribution in [3.63, 3.8) is 0 Å². The van der Waals surface area contributed by atoms with Crippen LogP contribution in [0.2, 0.25) is 0 Å². The van der Waals surface area contributed by atoms with Crippen molar-refractivity contribution < 1.29 is 0 Å². The van der Waals surface area contributed by atoms with Crippen molar-refractivity contribution >= 4 is 32.8 Å². The van der Waals surface area contributed by atoms with Crippen molar-refractivity contribution in [2.24, 2.45) is 0 Å². The SMILES string of the molecule is c1ccc(-c2nc3ccc(-n4c5ccccc5c5ccccc54)cc3nc2-c2ccccc2)cc1. The Bertz CT molecular complexity index is 1780. The third-order valence-corrected chi connectivity index (χ3v) is 6.58. The fourth-order valence-electron chi connectivity index (χ4n) is 4.98. The van der Waals surface area contributed by atoms with E-state index < -0.39 is 0 Å². The maximum atomic E-state index is 5.18. The summed E-state index contributed by atoms with van der Waals surface area (Å²) < 4.78 is 2.32. The molecule has 35 heavy (non-hydrogen) atoms. The minimum atomic E-state index is 0.878. The normalized spacial score (nSPS) is 11.4. The number of aromatic nitrogens is 3. The van der Waals surface area contributed by atoms with E-state index in [9.17, 15) is 0 Å². The topological polar surface area (TPSA) is 30.7 Å². The summed E-state index contributed by atoms with van der Waals surface area (Å²) in [5, 5.41) is 2.50. The van der Waals surface area contributed by atoms with Gasteiger partial charge in [0, 0.05) is 27.6 Å². The Kier molecular flexibility index (Phi) is 4.46. The molecule has 0 aliphatic rings. The molecule has 0 bridgehead atoms. The van der Waals surface area contributed by atoms with Crippen molar-refractivity contribution in [2.75, 3.05) is 0 Å². The van der Waals surface area contributed by atoms with E-state index in [1.165, 1.54) is 21.8 Å². The average molecular weight is 448 g/mol. The van der Waals surface area contributed by atoms with Gasteiger partial charge in [-0.2, -0.15) is 0 Å². The van der Waals surface area contributed by atoms with E-state index in [0.29, 0.717) is 0 Å². The molecule has 0 N–H and O–H groups in total. The van der Waals surface area contributed by atoms with Crippen molar-refractivity contribution in [1.82, 2.24) is 14.5 Å². The molecule has 0 spiro atoms. The van der Waals surface area contributed by atoms with Gasteiger partial charge < -0.3 is 4.57 Å². The van der Waals surface area contributed by atoms with Gasteiger partial charge in [-0.25, -0.2) is 9.97 Å². The maximum absolute atomic E-state index is 5.18. The first-order valence-corrected chi connectivity index (χ1v) is 11.8. The van der Waals surface area contributed by atoms with Crippen LogP contribution in [0.4, 0.5) is 0 Å². The second-order valence-corrected chi connectivity index (χ2v) is 8.70. The van der Waals surface area contributed by atoms with Crippen LogP contribution in [0.1, 0.15) is 0 Å². The summed E-state index contributed by atoms with van der Waals surface area (Å²) in [6.07, 6.45) is 0. The van der Waals surface area contributed by atoms with E-state index in [1.807, 2.05) is 36.4 Å². The molecular formula is C32H21N3. The lowest BCUT2D eigenvalue weighted by Gasteiger charge is -2.13. The van der Waals surface area contributed by atoms with Crippen LogP contribution in [0.15, 0.2) is 127 Å². The molecule has 164 valence electrons. The minimum Gasteiger partial charge on any atom is -0.309 e. The number of hydrogen-bond acceptors (Lipinski definition) is 2. The zero-order valence-corrected chi connectivity index (χ0v) is 19.0. The van der Waals surface area contributed by atoms with Crippen LogP contribution in [-0.4, -0.2) is 14.5 Å². The summed E-state index contributed by atoms with van der Waals surface area (Å²) in [6, 6.07) is 44.1. The van der Waals surface area contributed by atoms with E-state index in [4.69, 9.17) is 9.97 Å². The summed E-state index contributed by atoms with van der Waals surface area (Å²) in [5.41, 5.74) is 9.12. The van der Waals surface area contributed by atoms with Gasteiger partial charge in [0.05, 0.1) is 33.5 Å². The zero-order valence-electron chi connectivity index (χ0n) is 19.0. The summed E-state index contributed by atoms with van der Waals surface area (Å²) in [7, 11) is 0. The van der Waals surface area contributed by atoms with Crippen LogP contribution >= 0.6 is 0 Å². The molecule has 0 amide bonds. The number of hydrogen-bond donors (Lipinski definition) is 0. The van der Waals surface area contributed by atoms with Gasteiger partial charge in [0.2, 0.25) is 0 Å². The zero-order chi connectivity index (χ0) is 23.2. The van der Waals surface area contributed by atoms with E-state index >= 15 is 0 Å². The molecule has 7 aromatic rings. The number of rotatable bonds is 3. The summed E-state index contributed by atoms with van der Waals surface area (Å²) in [5.74, 6) is 0. The Morgan fingerprint density at radius 3 is 1.49 bits per heavy atom. The summed E-state index contributed by atoms with van der Waals surface area (Å²) in [6.45, 7) is 0. The molecule has 0 aliphatic carbocycles. The molecule has 0 fully saturated rings. The molecule has 0 aliphatic heterocycles. The van der Waals surface area contributed by atoms with Crippen LogP contribution in [0, 0.1) is 0 Å². The number of nitrogens with zero attached hydrogens (tertiary/aromatic N) is 3. The lowest BCUT2D eigenvalue weighted by atomic mass is 10.0. The standard InChI is InChI=1S/C32H21N3/c1-3-11-22(12-4-1)31-32(23-13-5-2-6-14-23)34-28-21-24(19-20-27(28)33-31)35-29-17-9-7-15-25(29)26-16-8-10-18-30(26)35/h1-21H. The average Bonchev–Trinajstić information content (AvgIpc) is 3.27. The molecule has 2 heterocycles. The Labute approximate surface area is 203 Å². The van der Waals surface area contributed by atoms with Gasteiger partial charge in [-0.1, -0.05) is 97.1 Å². The van der Waals surface area contributed by atoms with Gasteiger partial charge in [-0.05, 0) is 30.3 Å². The lowest BCUT2D eigenvalue weighted by Crippen LogP contribution is -1.98. The highest BCUT2D eigenvalue weighted by atomic mass is 15.0. The van der Waals surface area contributed by atoms with E-state index in [-0.39, 0.29) is 0 Å². The molecule has 0 unspecified atom stereocenters. The number of benzene rings is 5. The predicted molar refractivity (Wildman–Crippen MR) is 145 cm³/mol. The minimum absolute atomic E-state index is 0.878. The first kappa shape index (κ1) is 19.7. The first-order chi connectivity index (χ1) is 17.4. The Morgan fingerprint density at radius 1 is 0.429 bits per heavy atom. The van der Waals surface area contributed by atoms with Crippen LogP contribution in [0.5, 0.6) is 0 Å². The van der Waals surface area contributed by atoms with Crippen molar-refractivity contribution in [3.05, 3.63) is 127 Å². The summed E-state index contributed by atoms with van der Waals surface area (Å²) in [4.78, 5) is 10.3. The van der Waals surface area contributed by atoms with Gasteiger partial charge in [0.1, 0.15) is 0 Å². The lowest BCUT2D eigenvalue weighted by molar-refractivity contribution is 1.18. The monoisotopic (exact) mass is 447 g/mol. The van der Waals surface area contributed by atoms with Crippen molar-refractivity contribution in [3.8, 4) is 28.2 Å². The molecule has 3 heteroatoms. The third kappa shape index (κ3) is 3.21. The Hall–Kier alpha value is -4.76. The molecule has 0 radical (unpaired) electrons. The smallest absolute Gasteiger partial charge is 0.0973 e. The fraction of sp³-hybridized carbons (Fsp3) is 0. The molecular weight excluding hydrogens is 426 g/mol. The van der Waals surface area contributed by atoms with Crippen molar-refractivity contribution in [1.29, 1.82) is 0 Å². The van der Waals surface area contributed by atoms with Crippen LogP contribution in [0.3, 0.4) is 0 Å². The molecule has 5 aromatic carbocycles. The molecule has 3 nitrogen and oxygen atoms in total. The molecule has 0 saturated heterocycles. The van der Waals surface area contributed by atoms with E-state index in [2.05, 4.69) is 95.6 Å². The number of fused-ring (bicyclic) bond motifs is 4. The van der Waals surface area contributed by atoms with E-state index in [1.54, 1.807) is 0 Å². The van der Waals surface area contributed by atoms with Gasteiger partial charge in [0.15, 0.2) is 0 Å². The first-order valence-electron chi connectivity index (χ1n) is 11.8. The van der Waals surface area contributed by atoms with Crippen LogP contribution < -0.4 is 0 Å². The largest absolute Gasteiger partial charge is 0.309 e. The van der Waals surface area contributed by atoms with Gasteiger partial charge in [-0.15, -0.1) is 0 Å². The Morgan fingerprint density at radius 2 is 0.914 bits per heavy atom. The predicted octanol–water partition coefficient (Wildman–Crippen LogP) is 8.06. The second-order valence-electron chi connectivity index (χ2n) is 8.70. The molecule has 0 saturated carbocycles. The quantitative estimate of drug-likeness (QED) is 0.274. The maximum Gasteiger partial charge on any atom is 0.0973 e. The van der Waals surface area contributed by atoms with Gasteiger partial charge >= 0.3 is 0 Å². The van der Waals surface area contributed by atoms with Crippen LogP contribution in [-0.2, 0) is 0 Å². The number of para-hydroxylation sites is 2. The highest BCUT2D eigenvalue weighted by Gasteiger charge is 2.15. The highest BCUT2D eigenvalue weighted by molar-refractivity contribution is 6.09. The van der Waals surface area contributed by atoms with Crippen molar-refractivity contribution in [2.45, 2.75) is 0 Å². The summed E-state index contributed by atoms with van der Waals surface area (Å²) >= 11 is 0. The third-order valence-electron chi connectivity index (χ3n) is 6.58. The van der Waals surface area contributed by atoms with Crippen LogP contribution in [0.25, 0.3) is 61.0 Å². The molecule has 0 atom stereocenters. The van der Waals surface area contributed by atoms with E-state index in [0.717, 1.165) is 39.2 Å². The molecule has 7 rings (SSSR count). The van der Waals surface area contributed by atoms with Gasteiger partial charge in [-0.3, -0.25) is 0 Å². The molecule has 2 aromatic heterocycles. The van der Waals surface area contributed by atoms with Gasteiger partial charge in [0.25, 0.3) is 0 Å². The second kappa shape index (κ2) is 7.93. The highest BCUT2D eigenvalue weighted by Crippen LogP contribution is 2.34. The Balaban J connectivity index is 1.50.